The van der Waals surface area contributed by atoms with Gasteiger partial charge in [0.2, 0.25) is 0 Å². The zero-order valence-electron chi connectivity index (χ0n) is 9.10. The smallest absolute Gasteiger partial charge is 0.253 e. The van der Waals surface area contributed by atoms with E-state index in [1.807, 2.05) is 24.5 Å². The van der Waals surface area contributed by atoms with E-state index in [-0.39, 0.29) is 5.91 Å². The van der Waals surface area contributed by atoms with E-state index in [4.69, 9.17) is 0 Å². The summed E-state index contributed by atoms with van der Waals surface area (Å²) >= 11 is 0. The Morgan fingerprint density at radius 3 is 3.00 bits per heavy atom. The van der Waals surface area contributed by atoms with Crippen LogP contribution in [0.5, 0.6) is 0 Å². The molecule has 0 unspecified atom stereocenters. The molecule has 3 rings (SSSR count). The molecule has 82 valence electrons. The van der Waals surface area contributed by atoms with E-state index >= 15 is 0 Å². The first-order chi connectivity index (χ1) is 7.81. The fourth-order valence-electron chi connectivity index (χ4n) is 2.04. The zero-order chi connectivity index (χ0) is 11.1. The molecule has 0 bridgehead atoms. The first-order valence-electron chi connectivity index (χ1n) is 5.49. The fraction of sp³-hybridized carbons (Fsp3) is 0.333. The number of hydrogen-bond donors (Lipinski definition) is 1. The molecule has 1 amide bonds. The van der Waals surface area contributed by atoms with E-state index in [0.29, 0.717) is 11.6 Å². The first-order valence-corrected chi connectivity index (χ1v) is 5.49. The maximum Gasteiger partial charge on any atom is 0.253 e. The van der Waals surface area contributed by atoms with Crippen molar-refractivity contribution < 1.29 is 4.79 Å². The second kappa shape index (κ2) is 3.33. The van der Waals surface area contributed by atoms with Crippen LogP contribution in [0.1, 0.15) is 29.2 Å². The van der Waals surface area contributed by atoms with Gasteiger partial charge < -0.3 is 9.88 Å². The quantitative estimate of drug-likeness (QED) is 0.829. The number of nitrogens with zero attached hydrogens (tertiary/aromatic N) is 2. The summed E-state index contributed by atoms with van der Waals surface area (Å²) in [4.78, 5) is 16.1. The van der Waals surface area contributed by atoms with Gasteiger partial charge in [0.15, 0.2) is 0 Å². The third kappa shape index (κ3) is 1.30. The summed E-state index contributed by atoms with van der Waals surface area (Å²) in [6, 6.07) is 6.20. The normalized spacial score (nSPS) is 15.3. The summed E-state index contributed by atoms with van der Waals surface area (Å²) in [6.45, 7) is 0. The molecule has 0 atom stereocenters. The van der Waals surface area contributed by atoms with Crippen LogP contribution in [0.3, 0.4) is 0 Å². The van der Waals surface area contributed by atoms with Gasteiger partial charge in [-0.3, -0.25) is 4.79 Å². The largest absolute Gasteiger partial charge is 0.355 e. The number of amides is 1. The predicted octanol–water partition coefficient (Wildman–Crippen LogP) is 1.73. The molecule has 2 aromatic rings. The van der Waals surface area contributed by atoms with Crippen LogP contribution in [0.25, 0.3) is 11.0 Å². The molecular formula is C12H13N3O. The SMILES string of the molecule is CNC(=O)c1cccc2ncn(C3CC3)c12. The van der Waals surface area contributed by atoms with Crippen molar-refractivity contribution in [1.29, 1.82) is 0 Å². The van der Waals surface area contributed by atoms with Gasteiger partial charge in [-0.1, -0.05) is 6.07 Å². The lowest BCUT2D eigenvalue weighted by Gasteiger charge is -2.06. The van der Waals surface area contributed by atoms with Crippen LogP contribution in [0.15, 0.2) is 24.5 Å². The van der Waals surface area contributed by atoms with Crippen LogP contribution in [0, 0.1) is 0 Å². The zero-order valence-corrected chi connectivity index (χ0v) is 9.10. The van der Waals surface area contributed by atoms with Crippen molar-refractivity contribution in [3.8, 4) is 0 Å². The Morgan fingerprint density at radius 2 is 2.31 bits per heavy atom. The number of benzene rings is 1. The summed E-state index contributed by atoms with van der Waals surface area (Å²) in [5.74, 6) is -0.0481. The van der Waals surface area contributed by atoms with Gasteiger partial charge in [0.1, 0.15) is 0 Å². The van der Waals surface area contributed by atoms with Crippen molar-refractivity contribution in [3.63, 3.8) is 0 Å². The molecular weight excluding hydrogens is 202 g/mol. The molecule has 0 saturated heterocycles. The minimum atomic E-state index is -0.0481. The molecule has 0 radical (unpaired) electrons. The molecule has 16 heavy (non-hydrogen) atoms. The van der Waals surface area contributed by atoms with E-state index in [9.17, 15) is 4.79 Å². The lowest BCUT2D eigenvalue weighted by Crippen LogP contribution is -2.18. The van der Waals surface area contributed by atoms with Crippen molar-refractivity contribution in [2.45, 2.75) is 18.9 Å². The van der Waals surface area contributed by atoms with Gasteiger partial charge in [-0.25, -0.2) is 4.98 Å². The van der Waals surface area contributed by atoms with Gasteiger partial charge in [0.05, 0.1) is 22.9 Å². The third-order valence-electron chi connectivity index (χ3n) is 3.01. The Hall–Kier alpha value is -1.84. The average molecular weight is 215 g/mol. The first kappa shape index (κ1) is 9.39. The Bertz CT molecular complexity index is 554. The molecule has 0 spiro atoms. The molecule has 0 aliphatic heterocycles. The molecule has 1 aliphatic rings. The van der Waals surface area contributed by atoms with Gasteiger partial charge >= 0.3 is 0 Å². The van der Waals surface area contributed by atoms with Crippen LogP contribution in [-0.4, -0.2) is 22.5 Å². The van der Waals surface area contributed by atoms with Gasteiger partial charge in [0, 0.05) is 13.1 Å². The summed E-state index contributed by atoms with van der Waals surface area (Å²) in [5.41, 5.74) is 2.57. The van der Waals surface area contributed by atoms with Gasteiger partial charge in [-0.05, 0) is 25.0 Å². The van der Waals surface area contributed by atoms with Crippen LogP contribution in [0.4, 0.5) is 0 Å². The highest BCUT2D eigenvalue weighted by atomic mass is 16.1. The Kier molecular flexibility index (Phi) is 1.96. The molecule has 4 heteroatoms. The highest BCUT2D eigenvalue weighted by Crippen LogP contribution is 2.37. The van der Waals surface area contributed by atoms with E-state index in [2.05, 4.69) is 14.9 Å². The highest BCUT2D eigenvalue weighted by molar-refractivity contribution is 6.04. The lowest BCUT2D eigenvalue weighted by atomic mass is 10.1. The molecule has 1 heterocycles. The van der Waals surface area contributed by atoms with Gasteiger partial charge in [-0.15, -0.1) is 0 Å². The second-order valence-corrected chi connectivity index (χ2v) is 4.14. The summed E-state index contributed by atoms with van der Waals surface area (Å²) in [6.07, 6.45) is 4.22. The molecule has 1 aromatic heterocycles. The number of hydrogen-bond acceptors (Lipinski definition) is 2. The van der Waals surface area contributed by atoms with Crippen LogP contribution >= 0.6 is 0 Å². The number of nitrogens with one attached hydrogen (secondary N) is 1. The topological polar surface area (TPSA) is 46.9 Å². The Morgan fingerprint density at radius 1 is 1.50 bits per heavy atom. The number of carbonyl (C=O) groups excluding carboxylic acids is 1. The number of aromatic nitrogens is 2. The number of rotatable bonds is 2. The third-order valence-corrected chi connectivity index (χ3v) is 3.01. The number of para-hydroxylation sites is 1. The lowest BCUT2D eigenvalue weighted by molar-refractivity contribution is 0.0964. The minimum Gasteiger partial charge on any atom is -0.355 e. The molecule has 1 aromatic carbocycles. The Balaban J connectivity index is 2.25. The van der Waals surface area contributed by atoms with E-state index < -0.39 is 0 Å². The van der Waals surface area contributed by atoms with Crippen LogP contribution in [0.2, 0.25) is 0 Å². The summed E-state index contributed by atoms with van der Waals surface area (Å²) in [5, 5.41) is 2.67. The minimum absolute atomic E-state index is 0.0481. The number of imidazole rings is 1. The number of carbonyl (C=O) groups is 1. The second-order valence-electron chi connectivity index (χ2n) is 4.14. The van der Waals surface area contributed by atoms with Crippen LogP contribution in [-0.2, 0) is 0 Å². The Labute approximate surface area is 93.3 Å². The molecule has 4 nitrogen and oxygen atoms in total. The average Bonchev–Trinajstić information content (AvgIpc) is 3.07. The molecule has 1 saturated carbocycles. The van der Waals surface area contributed by atoms with Crippen molar-refractivity contribution in [2.24, 2.45) is 0 Å². The molecule has 1 fully saturated rings. The maximum atomic E-state index is 11.8. The predicted molar refractivity (Wildman–Crippen MR) is 61.4 cm³/mol. The van der Waals surface area contributed by atoms with E-state index in [1.54, 1.807) is 7.05 Å². The van der Waals surface area contributed by atoms with Crippen molar-refractivity contribution >= 4 is 16.9 Å². The van der Waals surface area contributed by atoms with Gasteiger partial charge in [0.25, 0.3) is 5.91 Å². The van der Waals surface area contributed by atoms with Gasteiger partial charge in [-0.2, -0.15) is 0 Å². The van der Waals surface area contributed by atoms with E-state index in [1.165, 1.54) is 12.8 Å². The van der Waals surface area contributed by atoms with Crippen molar-refractivity contribution in [1.82, 2.24) is 14.9 Å². The van der Waals surface area contributed by atoms with Crippen molar-refractivity contribution in [3.05, 3.63) is 30.1 Å². The van der Waals surface area contributed by atoms with Crippen LogP contribution < -0.4 is 5.32 Å². The summed E-state index contributed by atoms with van der Waals surface area (Å²) < 4.78 is 2.12. The summed E-state index contributed by atoms with van der Waals surface area (Å²) in [7, 11) is 1.65. The number of fused-ring (bicyclic) bond motifs is 1. The maximum absolute atomic E-state index is 11.8. The highest BCUT2D eigenvalue weighted by Gasteiger charge is 2.26. The van der Waals surface area contributed by atoms with Crippen molar-refractivity contribution in [2.75, 3.05) is 7.05 Å². The van der Waals surface area contributed by atoms with E-state index in [0.717, 1.165) is 11.0 Å². The standard InChI is InChI=1S/C12H13N3O/c1-13-12(16)9-3-2-4-10-11(9)15(7-14-10)8-5-6-8/h2-4,7-8H,5-6H2,1H3,(H,13,16). The monoisotopic (exact) mass is 215 g/mol. The fourth-order valence-corrected chi connectivity index (χ4v) is 2.04. The molecule has 1 aliphatic carbocycles. The molecule has 1 N–H and O–H groups in total.